The molecular weight excluding hydrogens is 252 g/mol. The van der Waals surface area contributed by atoms with Crippen molar-refractivity contribution in [2.75, 3.05) is 17.2 Å². The highest BCUT2D eigenvalue weighted by Crippen LogP contribution is 2.36. The molecule has 0 aliphatic carbocycles. The smallest absolute Gasteiger partial charge is 0.135 e. The molecule has 3 rings (SSSR count). The third-order valence-electron chi connectivity index (χ3n) is 4.06. The second-order valence-corrected chi connectivity index (χ2v) is 6.04. The van der Waals surface area contributed by atoms with Gasteiger partial charge in [-0.3, -0.25) is 0 Å². The average Bonchev–Trinajstić information content (AvgIpc) is 3.01. The monoisotopic (exact) mass is 276 g/mol. The second-order valence-electron chi connectivity index (χ2n) is 6.04. The summed E-state index contributed by atoms with van der Waals surface area (Å²) in [7, 11) is 0. The Balaban J connectivity index is 1.77. The van der Waals surface area contributed by atoms with E-state index in [1.165, 1.54) is 12.8 Å². The number of ether oxygens (including phenoxy) is 1. The first-order chi connectivity index (χ1) is 9.65. The van der Waals surface area contributed by atoms with Crippen LogP contribution in [0.4, 0.5) is 11.6 Å². The molecule has 2 N–H and O–H groups in total. The molecule has 3 heterocycles. The quantitative estimate of drug-likeness (QED) is 0.866. The third-order valence-corrected chi connectivity index (χ3v) is 4.06. The van der Waals surface area contributed by atoms with Crippen molar-refractivity contribution in [2.24, 2.45) is 0 Å². The Labute approximate surface area is 120 Å². The van der Waals surface area contributed by atoms with E-state index in [0.29, 0.717) is 24.2 Å². The van der Waals surface area contributed by atoms with Crippen LogP contribution < -0.4 is 10.6 Å². The van der Waals surface area contributed by atoms with Crippen LogP contribution in [-0.4, -0.2) is 34.8 Å². The molecule has 0 radical (unpaired) electrons. The van der Waals surface area contributed by atoms with Crippen molar-refractivity contribution in [1.29, 1.82) is 0 Å². The maximum atomic E-state index is 5.89. The summed E-state index contributed by atoms with van der Waals surface area (Å²) in [5.74, 6) is 3.03. The van der Waals surface area contributed by atoms with Crippen LogP contribution >= 0.6 is 0 Å². The normalized spacial score (nSPS) is 28.1. The molecule has 110 valence electrons. The zero-order valence-corrected chi connectivity index (χ0v) is 12.5. The van der Waals surface area contributed by atoms with Crippen LogP contribution in [0.5, 0.6) is 0 Å². The van der Waals surface area contributed by atoms with Crippen LogP contribution in [0.15, 0.2) is 6.07 Å². The lowest BCUT2D eigenvalue weighted by molar-refractivity contribution is 0.102. The van der Waals surface area contributed by atoms with E-state index in [4.69, 9.17) is 4.74 Å². The van der Waals surface area contributed by atoms with Crippen LogP contribution in [0, 0.1) is 0 Å². The topological polar surface area (TPSA) is 59.1 Å². The molecule has 0 saturated carbocycles. The van der Waals surface area contributed by atoms with E-state index in [0.717, 1.165) is 30.4 Å². The molecule has 3 atom stereocenters. The van der Waals surface area contributed by atoms with Gasteiger partial charge in [0.05, 0.1) is 18.2 Å². The van der Waals surface area contributed by atoms with E-state index in [2.05, 4.69) is 41.4 Å². The Morgan fingerprint density at radius 1 is 1.30 bits per heavy atom. The molecule has 0 spiro atoms. The fourth-order valence-corrected chi connectivity index (χ4v) is 3.05. The van der Waals surface area contributed by atoms with E-state index in [-0.39, 0.29) is 0 Å². The van der Waals surface area contributed by atoms with E-state index in [1.54, 1.807) is 0 Å². The molecule has 5 heteroatoms. The first-order valence-electron chi connectivity index (χ1n) is 7.70. The molecule has 3 unspecified atom stereocenters. The molecule has 2 saturated heterocycles. The molecular formula is C15H24N4O. The molecule has 2 bridgehead atoms. The second kappa shape index (κ2) is 5.56. The first-order valence-corrected chi connectivity index (χ1v) is 7.70. The fourth-order valence-electron chi connectivity index (χ4n) is 3.05. The summed E-state index contributed by atoms with van der Waals surface area (Å²) < 4.78 is 5.89. The van der Waals surface area contributed by atoms with Gasteiger partial charge in [0.15, 0.2) is 0 Å². The molecule has 1 aromatic heterocycles. The molecule has 2 fully saturated rings. The molecule has 2 aliphatic rings. The van der Waals surface area contributed by atoms with Crippen molar-refractivity contribution >= 4 is 11.6 Å². The minimum atomic E-state index is 0.324. The predicted octanol–water partition coefficient (Wildman–Crippen LogP) is 2.76. The van der Waals surface area contributed by atoms with Gasteiger partial charge < -0.3 is 15.4 Å². The first kappa shape index (κ1) is 13.6. The van der Waals surface area contributed by atoms with Crippen LogP contribution in [0.1, 0.15) is 51.8 Å². The van der Waals surface area contributed by atoms with Crippen LogP contribution in [-0.2, 0) is 4.74 Å². The van der Waals surface area contributed by atoms with Gasteiger partial charge >= 0.3 is 0 Å². The van der Waals surface area contributed by atoms with Crippen molar-refractivity contribution in [1.82, 2.24) is 9.97 Å². The Bertz CT molecular complexity index is 477. The number of fused-ring (bicyclic) bond motifs is 2. The van der Waals surface area contributed by atoms with Crippen molar-refractivity contribution in [3.8, 4) is 0 Å². The summed E-state index contributed by atoms with van der Waals surface area (Å²) in [6, 6.07) is 2.40. The Morgan fingerprint density at radius 3 is 2.70 bits per heavy atom. The maximum Gasteiger partial charge on any atom is 0.135 e. The van der Waals surface area contributed by atoms with Gasteiger partial charge in [-0.1, -0.05) is 13.8 Å². The summed E-state index contributed by atoms with van der Waals surface area (Å²) in [5.41, 5.74) is 0. The molecule has 0 amide bonds. The number of nitrogens with zero attached hydrogens (tertiary/aromatic N) is 2. The van der Waals surface area contributed by atoms with Crippen LogP contribution in [0.3, 0.4) is 0 Å². The van der Waals surface area contributed by atoms with Crippen molar-refractivity contribution < 1.29 is 4.74 Å². The van der Waals surface area contributed by atoms with Gasteiger partial charge in [-0.25, -0.2) is 9.97 Å². The number of rotatable bonds is 5. The van der Waals surface area contributed by atoms with Crippen molar-refractivity contribution in [3.05, 3.63) is 11.9 Å². The van der Waals surface area contributed by atoms with Gasteiger partial charge in [0.2, 0.25) is 0 Å². The molecule has 2 aliphatic heterocycles. The van der Waals surface area contributed by atoms with E-state index < -0.39 is 0 Å². The van der Waals surface area contributed by atoms with E-state index >= 15 is 0 Å². The number of aromatic nitrogens is 2. The minimum Gasteiger partial charge on any atom is -0.373 e. The highest BCUT2D eigenvalue weighted by Gasteiger charge is 2.40. The van der Waals surface area contributed by atoms with Crippen LogP contribution in [0.25, 0.3) is 0 Å². The molecule has 5 nitrogen and oxygen atoms in total. The fraction of sp³-hybridized carbons (Fsp3) is 0.733. The summed E-state index contributed by atoms with van der Waals surface area (Å²) in [6.07, 6.45) is 4.30. The largest absolute Gasteiger partial charge is 0.373 e. The lowest BCUT2D eigenvalue weighted by atomic mass is 9.95. The summed E-state index contributed by atoms with van der Waals surface area (Å²) >= 11 is 0. The number of nitrogens with one attached hydrogen (secondary N) is 2. The van der Waals surface area contributed by atoms with Gasteiger partial charge in [0, 0.05) is 18.5 Å². The van der Waals surface area contributed by atoms with Crippen molar-refractivity contribution in [2.45, 2.75) is 64.2 Å². The highest BCUT2D eigenvalue weighted by molar-refractivity contribution is 5.48. The number of hydrogen-bond donors (Lipinski definition) is 2. The lowest BCUT2D eigenvalue weighted by Gasteiger charge is -2.21. The SMILES string of the molecule is CCNc1cc(NC2CC3CCC2O3)nc(C(C)C)n1. The highest BCUT2D eigenvalue weighted by atomic mass is 16.5. The Hall–Kier alpha value is -1.36. The lowest BCUT2D eigenvalue weighted by Crippen LogP contribution is -2.31. The standard InChI is InChI=1S/C15H24N4O/c1-4-16-13-8-14(19-15(18-13)9(2)3)17-11-7-10-5-6-12(11)20-10/h8-12H,4-7H2,1-3H3,(H2,16,17,18,19). The molecule has 1 aromatic rings. The Morgan fingerprint density at radius 2 is 2.10 bits per heavy atom. The predicted molar refractivity (Wildman–Crippen MR) is 80.2 cm³/mol. The van der Waals surface area contributed by atoms with E-state index in [1.807, 2.05) is 6.07 Å². The number of hydrogen-bond acceptors (Lipinski definition) is 5. The van der Waals surface area contributed by atoms with Gasteiger partial charge in [0.25, 0.3) is 0 Å². The summed E-state index contributed by atoms with van der Waals surface area (Å²) in [6.45, 7) is 7.18. The third kappa shape index (κ3) is 2.73. The van der Waals surface area contributed by atoms with E-state index in [9.17, 15) is 0 Å². The van der Waals surface area contributed by atoms with Crippen LogP contribution in [0.2, 0.25) is 0 Å². The minimum absolute atomic E-state index is 0.324. The zero-order valence-electron chi connectivity index (χ0n) is 12.5. The zero-order chi connectivity index (χ0) is 14.1. The van der Waals surface area contributed by atoms with Crippen molar-refractivity contribution in [3.63, 3.8) is 0 Å². The summed E-state index contributed by atoms with van der Waals surface area (Å²) in [4.78, 5) is 9.20. The maximum absolute atomic E-state index is 5.89. The van der Waals surface area contributed by atoms with Gasteiger partial charge in [-0.05, 0) is 26.2 Å². The van der Waals surface area contributed by atoms with Gasteiger partial charge in [0.1, 0.15) is 17.5 Å². The molecule has 20 heavy (non-hydrogen) atoms. The van der Waals surface area contributed by atoms with Gasteiger partial charge in [-0.15, -0.1) is 0 Å². The molecule has 0 aromatic carbocycles. The summed E-state index contributed by atoms with van der Waals surface area (Å²) in [5, 5.41) is 6.83. The average molecular weight is 276 g/mol. The Kier molecular flexibility index (Phi) is 3.78. The van der Waals surface area contributed by atoms with Gasteiger partial charge in [-0.2, -0.15) is 0 Å². The number of anilines is 2.